The van der Waals surface area contributed by atoms with E-state index in [1.807, 2.05) is 4.90 Å². The van der Waals surface area contributed by atoms with Crippen LogP contribution in [-0.2, 0) is 9.53 Å². The molecule has 2 aliphatic heterocycles. The van der Waals surface area contributed by atoms with Crippen LogP contribution in [-0.4, -0.2) is 50.2 Å². The van der Waals surface area contributed by atoms with Gasteiger partial charge in [0.15, 0.2) is 0 Å². The molecule has 4 nitrogen and oxygen atoms in total. The summed E-state index contributed by atoms with van der Waals surface area (Å²) in [5.41, 5.74) is -0.150. The quantitative estimate of drug-likeness (QED) is 0.783. The molecule has 0 aromatic heterocycles. The maximum absolute atomic E-state index is 12.7. The van der Waals surface area contributed by atoms with Gasteiger partial charge in [-0.1, -0.05) is 6.92 Å². The summed E-state index contributed by atoms with van der Waals surface area (Å²) in [7, 11) is 0. The third-order valence-corrected chi connectivity index (χ3v) is 4.11. The van der Waals surface area contributed by atoms with Crippen LogP contribution in [0.2, 0.25) is 0 Å². The van der Waals surface area contributed by atoms with Crippen LogP contribution in [0.25, 0.3) is 0 Å². The SMILES string of the molecule is CCC1(C(=O)N2CCCOCC2)CCCNC1. The number of nitrogens with one attached hydrogen (secondary N) is 1. The molecule has 0 saturated carbocycles. The van der Waals surface area contributed by atoms with Crippen molar-refractivity contribution in [1.29, 1.82) is 0 Å². The van der Waals surface area contributed by atoms with Gasteiger partial charge in [0.1, 0.15) is 0 Å². The van der Waals surface area contributed by atoms with Crippen molar-refractivity contribution in [2.75, 3.05) is 39.4 Å². The van der Waals surface area contributed by atoms with Crippen LogP contribution in [0.5, 0.6) is 0 Å². The first-order valence-corrected chi connectivity index (χ1v) is 6.86. The van der Waals surface area contributed by atoms with Gasteiger partial charge in [-0.05, 0) is 32.2 Å². The lowest BCUT2D eigenvalue weighted by Gasteiger charge is -2.39. The molecule has 1 atom stereocenters. The van der Waals surface area contributed by atoms with Crippen LogP contribution >= 0.6 is 0 Å². The van der Waals surface area contributed by atoms with Gasteiger partial charge >= 0.3 is 0 Å². The number of ether oxygens (including phenoxy) is 1. The number of amides is 1. The van der Waals surface area contributed by atoms with Crippen molar-refractivity contribution in [2.45, 2.75) is 32.6 Å². The summed E-state index contributed by atoms with van der Waals surface area (Å²) >= 11 is 0. The molecule has 4 heteroatoms. The first-order chi connectivity index (χ1) is 8.28. The Morgan fingerprint density at radius 2 is 2.24 bits per heavy atom. The molecule has 1 amide bonds. The molecule has 0 radical (unpaired) electrons. The van der Waals surface area contributed by atoms with Gasteiger partial charge in [0, 0.05) is 26.2 Å². The molecule has 0 aromatic carbocycles. The maximum Gasteiger partial charge on any atom is 0.230 e. The second-order valence-electron chi connectivity index (χ2n) is 5.17. The normalized spacial score (nSPS) is 31.0. The molecule has 2 heterocycles. The fourth-order valence-electron chi connectivity index (χ4n) is 2.89. The number of rotatable bonds is 2. The highest BCUT2D eigenvalue weighted by atomic mass is 16.5. The van der Waals surface area contributed by atoms with E-state index in [0.717, 1.165) is 58.5 Å². The summed E-state index contributed by atoms with van der Waals surface area (Å²) in [4.78, 5) is 14.7. The first kappa shape index (κ1) is 12.8. The number of hydrogen-bond donors (Lipinski definition) is 1. The molecular formula is C13H24N2O2. The Morgan fingerprint density at radius 3 is 2.94 bits per heavy atom. The number of hydrogen-bond acceptors (Lipinski definition) is 3. The van der Waals surface area contributed by atoms with Crippen molar-refractivity contribution < 1.29 is 9.53 Å². The topological polar surface area (TPSA) is 41.6 Å². The molecule has 2 saturated heterocycles. The van der Waals surface area contributed by atoms with E-state index in [0.29, 0.717) is 12.5 Å². The van der Waals surface area contributed by atoms with Gasteiger partial charge in [-0.25, -0.2) is 0 Å². The highest BCUT2D eigenvalue weighted by Gasteiger charge is 2.40. The average molecular weight is 240 g/mol. The van der Waals surface area contributed by atoms with Crippen molar-refractivity contribution in [3.63, 3.8) is 0 Å². The molecule has 0 aromatic rings. The molecule has 1 unspecified atom stereocenters. The number of carbonyl (C=O) groups excluding carboxylic acids is 1. The third kappa shape index (κ3) is 2.80. The van der Waals surface area contributed by atoms with Crippen LogP contribution in [0.15, 0.2) is 0 Å². The Balaban J connectivity index is 2.04. The molecule has 2 aliphatic rings. The monoisotopic (exact) mass is 240 g/mol. The molecule has 17 heavy (non-hydrogen) atoms. The van der Waals surface area contributed by atoms with Gasteiger partial charge in [0.2, 0.25) is 5.91 Å². The summed E-state index contributed by atoms with van der Waals surface area (Å²) in [5.74, 6) is 0.345. The van der Waals surface area contributed by atoms with Crippen molar-refractivity contribution >= 4 is 5.91 Å². The molecule has 2 fully saturated rings. The fourth-order valence-corrected chi connectivity index (χ4v) is 2.89. The summed E-state index contributed by atoms with van der Waals surface area (Å²) < 4.78 is 5.42. The van der Waals surface area contributed by atoms with Crippen LogP contribution in [0, 0.1) is 5.41 Å². The van der Waals surface area contributed by atoms with Crippen LogP contribution in [0.1, 0.15) is 32.6 Å². The van der Waals surface area contributed by atoms with Gasteiger partial charge < -0.3 is 15.0 Å². The average Bonchev–Trinajstić information content (AvgIpc) is 2.67. The minimum absolute atomic E-state index is 0.150. The Kier molecular flexibility index (Phi) is 4.40. The minimum Gasteiger partial charge on any atom is -0.380 e. The van der Waals surface area contributed by atoms with Crippen molar-refractivity contribution in [2.24, 2.45) is 5.41 Å². The summed E-state index contributed by atoms with van der Waals surface area (Å²) in [6, 6.07) is 0. The third-order valence-electron chi connectivity index (χ3n) is 4.11. The van der Waals surface area contributed by atoms with E-state index in [1.165, 1.54) is 0 Å². The molecule has 0 spiro atoms. The van der Waals surface area contributed by atoms with E-state index in [4.69, 9.17) is 4.74 Å². The Bertz CT molecular complexity index is 254. The van der Waals surface area contributed by atoms with Crippen LogP contribution in [0.4, 0.5) is 0 Å². The van der Waals surface area contributed by atoms with E-state index in [2.05, 4.69) is 12.2 Å². The largest absolute Gasteiger partial charge is 0.380 e. The maximum atomic E-state index is 12.7. The Labute approximate surface area is 104 Å². The van der Waals surface area contributed by atoms with Crippen molar-refractivity contribution in [3.8, 4) is 0 Å². The molecule has 0 aliphatic carbocycles. The van der Waals surface area contributed by atoms with E-state index in [1.54, 1.807) is 0 Å². The lowest BCUT2D eigenvalue weighted by Crippen LogP contribution is -2.52. The fraction of sp³-hybridized carbons (Fsp3) is 0.923. The second kappa shape index (κ2) is 5.83. The highest BCUT2D eigenvalue weighted by Crippen LogP contribution is 2.32. The molecular weight excluding hydrogens is 216 g/mol. The van der Waals surface area contributed by atoms with E-state index < -0.39 is 0 Å². The van der Waals surface area contributed by atoms with Crippen molar-refractivity contribution in [1.82, 2.24) is 10.2 Å². The minimum atomic E-state index is -0.150. The number of nitrogens with zero attached hydrogens (tertiary/aromatic N) is 1. The van der Waals surface area contributed by atoms with E-state index in [9.17, 15) is 4.79 Å². The zero-order chi connectivity index (χ0) is 12.1. The lowest BCUT2D eigenvalue weighted by atomic mass is 9.77. The first-order valence-electron chi connectivity index (χ1n) is 6.86. The summed E-state index contributed by atoms with van der Waals surface area (Å²) in [6.45, 7) is 7.15. The number of carbonyl (C=O) groups is 1. The standard InChI is InChI=1S/C13H24N2O2/c1-2-13(5-3-6-14-11-13)12(16)15-7-4-9-17-10-8-15/h14H,2-11H2,1H3. The molecule has 98 valence electrons. The van der Waals surface area contributed by atoms with Gasteiger partial charge in [-0.2, -0.15) is 0 Å². The van der Waals surface area contributed by atoms with Gasteiger partial charge in [0.25, 0.3) is 0 Å². The van der Waals surface area contributed by atoms with Crippen molar-refractivity contribution in [3.05, 3.63) is 0 Å². The smallest absolute Gasteiger partial charge is 0.230 e. The summed E-state index contributed by atoms with van der Waals surface area (Å²) in [6.07, 6.45) is 4.06. The molecule has 1 N–H and O–H groups in total. The highest BCUT2D eigenvalue weighted by molar-refractivity contribution is 5.83. The second-order valence-corrected chi connectivity index (χ2v) is 5.17. The van der Waals surface area contributed by atoms with E-state index in [-0.39, 0.29) is 5.41 Å². The van der Waals surface area contributed by atoms with Gasteiger partial charge in [-0.3, -0.25) is 4.79 Å². The van der Waals surface area contributed by atoms with Gasteiger partial charge in [0.05, 0.1) is 12.0 Å². The van der Waals surface area contributed by atoms with Crippen LogP contribution in [0.3, 0.4) is 0 Å². The summed E-state index contributed by atoms with van der Waals surface area (Å²) in [5, 5.41) is 3.38. The number of piperidine rings is 1. The molecule has 2 rings (SSSR count). The van der Waals surface area contributed by atoms with Gasteiger partial charge in [-0.15, -0.1) is 0 Å². The zero-order valence-corrected chi connectivity index (χ0v) is 10.8. The lowest BCUT2D eigenvalue weighted by molar-refractivity contribution is -0.143. The predicted molar refractivity (Wildman–Crippen MR) is 66.8 cm³/mol. The molecule has 0 bridgehead atoms. The Morgan fingerprint density at radius 1 is 1.35 bits per heavy atom. The predicted octanol–water partition coefficient (Wildman–Crippen LogP) is 1.02. The van der Waals surface area contributed by atoms with E-state index >= 15 is 0 Å². The zero-order valence-electron chi connectivity index (χ0n) is 10.8. The Hall–Kier alpha value is -0.610. The van der Waals surface area contributed by atoms with Crippen LogP contribution < -0.4 is 5.32 Å².